The van der Waals surface area contributed by atoms with Gasteiger partial charge < -0.3 is 0 Å². The van der Waals surface area contributed by atoms with Crippen molar-refractivity contribution in [2.24, 2.45) is 0 Å². The molecular formula is C7H4BrF2NO2. The molecule has 0 saturated heterocycles. The van der Waals surface area contributed by atoms with Crippen molar-refractivity contribution in [3.63, 3.8) is 0 Å². The van der Waals surface area contributed by atoms with Gasteiger partial charge in [0.05, 0.1) is 4.92 Å². The number of nitro groups is 1. The quantitative estimate of drug-likeness (QED) is 0.598. The summed E-state index contributed by atoms with van der Waals surface area (Å²) in [6.07, 6.45) is -2.70. The zero-order valence-electron chi connectivity index (χ0n) is 6.21. The number of nitro benzene ring substituents is 1. The lowest BCUT2D eigenvalue weighted by molar-refractivity contribution is -0.385. The van der Waals surface area contributed by atoms with Crippen LogP contribution in [0.1, 0.15) is 12.0 Å². The van der Waals surface area contributed by atoms with Gasteiger partial charge in [-0.25, -0.2) is 8.78 Å². The van der Waals surface area contributed by atoms with Gasteiger partial charge >= 0.3 is 0 Å². The molecule has 0 N–H and O–H groups in total. The normalized spacial score (nSPS) is 10.5. The Morgan fingerprint density at radius 3 is 2.46 bits per heavy atom. The van der Waals surface area contributed by atoms with E-state index < -0.39 is 11.3 Å². The molecule has 0 heterocycles. The van der Waals surface area contributed by atoms with Gasteiger partial charge in [-0.15, -0.1) is 0 Å². The van der Waals surface area contributed by atoms with Crippen LogP contribution in [0, 0.1) is 10.1 Å². The lowest BCUT2D eigenvalue weighted by Crippen LogP contribution is -1.91. The average molecular weight is 252 g/mol. The summed E-state index contributed by atoms with van der Waals surface area (Å²) in [5.41, 5.74) is -0.703. The Balaban J connectivity index is 3.19. The predicted octanol–water partition coefficient (Wildman–Crippen LogP) is 3.29. The van der Waals surface area contributed by atoms with Crippen molar-refractivity contribution >= 4 is 21.6 Å². The lowest BCUT2D eigenvalue weighted by Gasteiger charge is -1.99. The summed E-state index contributed by atoms with van der Waals surface area (Å²) in [7, 11) is 0. The van der Waals surface area contributed by atoms with Crippen LogP contribution >= 0.6 is 15.9 Å². The average Bonchev–Trinajstić information content (AvgIpc) is 2.03. The van der Waals surface area contributed by atoms with Crippen LogP contribution < -0.4 is 0 Å². The van der Waals surface area contributed by atoms with Crippen LogP contribution in [-0.4, -0.2) is 4.92 Å². The van der Waals surface area contributed by atoms with Gasteiger partial charge in [0.15, 0.2) is 0 Å². The SMILES string of the molecule is O=[N+]([O-])c1cc(Br)cc(C(F)F)c1. The van der Waals surface area contributed by atoms with Gasteiger partial charge in [-0.1, -0.05) is 15.9 Å². The summed E-state index contributed by atoms with van der Waals surface area (Å²) in [6.45, 7) is 0. The smallest absolute Gasteiger partial charge is 0.258 e. The summed E-state index contributed by atoms with van der Waals surface area (Å²) >= 11 is 2.91. The van der Waals surface area contributed by atoms with Crippen molar-refractivity contribution in [1.29, 1.82) is 0 Å². The third-order valence-electron chi connectivity index (χ3n) is 1.37. The van der Waals surface area contributed by atoms with Crippen LogP contribution in [0.2, 0.25) is 0 Å². The highest BCUT2D eigenvalue weighted by Crippen LogP contribution is 2.27. The minimum absolute atomic E-state index is 0.275. The monoisotopic (exact) mass is 251 g/mol. The first kappa shape index (κ1) is 10.0. The second-order valence-corrected chi connectivity index (χ2v) is 3.22. The van der Waals surface area contributed by atoms with Gasteiger partial charge in [0.1, 0.15) is 0 Å². The summed E-state index contributed by atoms with van der Waals surface area (Å²) in [5.74, 6) is 0. The Labute approximate surface area is 80.6 Å². The molecule has 13 heavy (non-hydrogen) atoms. The van der Waals surface area contributed by atoms with E-state index in [-0.39, 0.29) is 15.7 Å². The molecule has 1 aromatic rings. The molecular weight excluding hydrogens is 248 g/mol. The molecule has 0 saturated carbocycles. The fourth-order valence-corrected chi connectivity index (χ4v) is 1.33. The van der Waals surface area contributed by atoms with Crippen molar-refractivity contribution < 1.29 is 13.7 Å². The Morgan fingerprint density at radius 2 is 2.00 bits per heavy atom. The largest absolute Gasteiger partial charge is 0.271 e. The molecule has 0 aliphatic rings. The molecule has 0 bridgehead atoms. The third kappa shape index (κ3) is 2.45. The molecule has 0 aliphatic heterocycles. The van der Waals surface area contributed by atoms with Crippen LogP contribution in [0.4, 0.5) is 14.5 Å². The number of hydrogen-bond donors (Lipinski definition) is 0. The molecule has 3 nitrogen and oxygen atoms in total. The lowest BCUT2D eigenvalue weighted by atomic mass is 10.2. The summed E-state index contributed by atoms with van der Waals surface area (Å²) in [6, 6.07) is 3.18. The van der Waals surface area contributed by atoms with E-state index in [1.165, 1.54) is 6.07 Å². The van der Waals surface area contributed by atoms with Gasteiger partial charge in [0.2, 0.25) is 0 Å². The molecule has 0 radical (unpaired) electrons. The molecule has 0 atom stereocenters. The molecule has 0 fully saturated rings. The third-order valence-corrected chi connectivity index (χ3v) is 1.83. The van der Waals surface area contributed by atoms with Gasteiger partial charge in [-0.3, -0.25) is 10.1 Å². The van der Waals surface area contributed by atoms with Crippen LogP contribution in [0.15, 0.2) is 22.7 Å². The number of hydrogen-bond acceptors (Lipinski definition) is 2. The van der Waals surface area contributed by atoms with E-state index in [2.05, 4.69) is 15.9 Å². The van der Waals surface area contributed by atoms with Crippen LogP contribution in [0.3, 0.4) is 0 Å². The fraction of sp³-hybridized carbons (Fsp3) is 0.143. The number of alkyl halides is 2. The predicted molar refractivity (Wildman–Crippen MR) is 45.8 cm³/mol. The van der Waals surface area contributed by atoms with Crippen molar-refractivity contribution in [2.45, 2.75) is 6.43 Å². The van der Waals surface area contributed by atoms with Gasteiger partial charge in [0, 0.05) is 22.2 Å². The van der Waals surface area contributed by atoms with E-state index in [0.29, 0.717) is 0 Å². The maximum Gasteiger partial charge on any atom is 0.271 e. The maximum absolute atomic E-state index is 12.1. The van der Waals surface area contributed by atoms with Gasteiger partial charge in [0.25, 0.3) is 12.1 Å². The van der Waals surface area contributed by atoms with E-state index in [4.69, 9.17) is 0 Å². The number of benzene rings is 1. The van der Waals surface area contributed by atoms with Crippen LogP contribution in [-0.2, 0) is 0 Å². The molecule has 0 amide bonds. The number of halogens is 3. The first-order valence-electron chi connectivity index (χ1n) is 3.23. The molecule has 0 spiro atoms. The second kappa shape index (κ2) is 3.78. The zero-order valence-corrected chi connectivity index (χ0v) is 7.79. The summed E-state index contributed by atoms with van der Waals surface area (Å²) in [4.78, 5) is 9.56. The Kier molecular flexibility index (Phi) is 2.92. The van der Waals surface area contributed by atoms with E-state index >= 15 is 0 Å². The fourth-order valence-electron chi connectivity index (χ4n) is 0.828. The minimum atomic E-state index is -2.70. The summed E-state index contributed by atoms with van der Waals surface area (Å²) < 4.78 is 24.6. The second-order valence-electron chi connectivity index (χ2n) is 2.30. The van der Waals surface area contributed by atoms with Crippen LogP contribution in [0.25, 0.3) is 0 Å². The zero-order chi connectivity index (χ0) is 10.0. The van der Waals surface area contributed by atoms with Crippen LogP contribution in [0.5, 0.6) is 0 Å². The Bertz CT molecular complexity index is 343. The molecule has 0 aliphatic carbocycles. The Hall–Kier alpha value is -1.04. The first-order valence-corrected chi connectivity index (χ1v) is 4.03. The van der Waals surface area contributed by atoms with E-state index in [1.807, 2.05) is 0 Å². The van der Waals surface area contributed by atoms with Crippen molar-refractivity contribution in [1.82, 2.24) is 0 Å². The highest BCUT2D eigenvalue weighted by molar-refractivity contribution is 9.10. The molecule has 0 unspecified atom stereocenters. The molecule has 1 rings (SSSR count). The van der Waals surface area contributed by atoms with Crippen molar-refractivity contribution in [2.75, 3.05) is 0 Å². The van der Waals surface area contributed by atoms with Crippen molar-refractivity contribution in [3.05, 3.63) is 38.3 Å². The molecule has 70 valence electrons. The van der Waals surface area contributed by atoms with Crippen molar-refractivity contribution in [3.8, 4) is 0 Å². The number of rotatable bonds is 2. The van der Waals surface area contributed by atoms with E-state index in [9.17, 15) is 18.9 Å². The standard InChI is InChI=1S/C7H4BrF2NO2/c8-5-1-4(7(9)10)2-6(3-5)11(12)13/h1-3,7H. The maximum atomic E-state index is 12.1. The molecule has 0 aromatic heterocycles. The van der Waals surface area contributed by atoms with Gasteiger partial charge in [-0.05, 0) is 6.07 Å². The van der Waals surface area contributed by atoms with E-state index in [1.54, 1.807) is 0 Å². The number of nitrogens with zero attached hydrogens (tertiary/aromatic N) is 1. The number of non-ortho nitro benzene ring substituents is 1. The highest BCUT2D eigenvalue weighted by Gasteiger charge is 2.14. The minimum Gasteiger partial charge on any atom is -0.258 e. The highest BCUT2D eigenvalue weighted by atomic mass is 79.9. The van der Waals surface area contributed by atoms with E-state index in [0.717, 1.165) is 12.1 Å². The van der Waals surface area contributed by atoms with Gasteiger partial charge in [-0.2, -0.15) is 0 Å². The molecule has 6 heteroatoms. The first-order chi connectivity index (χ1) is 6.00. The Morgan fingerprint density at radius 1 is 1.38 bits per heavy atom. The topological polar surface area (TPSA) is 43.1 Å². The summed E-state index contributed by atoms with van der Waals surface area (Å²) in [5, 5.41) is 10.3. The molecule has 1 aromatic carbocycles.